The zero-order chi connectivity index (χ0) is 15.1. The van der Waals surface area contributed by atoms with Crippen LogP contribution >= 0.6 is 11.8 Å². The van der Waals surface area contributed by atoms with Crippen LogP contribution in [0.2, 0.25) is 0 Å². The van der Waals surface area contributed by atoms with Gasteiger partial charge >= 0.3 is 0 Å². The number of amides is 1. The van der Waals surface area contributed by atoms with Gasteiger partial charge in [0.15, 0.2) is 11.5 Å². The first-order valence-electron chi connectivity index (χ1n) is 7.18. The summed E-state index contributed by atoms with van der Waals surface area (Å²) in [5.74, 6) is 2.22. The Bertz CT molecular complexity index is 494. The van der Waals surface area contributed by atoms with Crippen LogP contribution in [0.15, 0.2) is 12.1 Å². The SMILES string of the molecule is CSCCCCCCNC(=O)c1cc2c(cc1N)OCO2. The van der Waals surface area contributed by atoms with Crippen LogP contribution in [-0.2, 0) is 0 Å². The van der Waals surface area contributed by atoms with Gasteiger partial charge < -0.3 is 20.5 Å². The third-order valence-electron chi connectivity index (χ3n) is 3.35. The van der Waals surface area contributed by atoms with Gasteiger partial charge in [-0.25, -0.2) is 0 Å². The third kappa shape index (κ3) is 4.46. The highest BCUT2D eigenvalue weighted by atomic mass is 32.2. The number of nitrogen functional groups attached to an aromatic ring is 1. The number of nitrogens with two attached hydrogens (primary N) is 1. The molecule has 0 fully saturated rings. The average molecular weight is 310 g/mol. The fourth-order valence-electron chi connectivity index (χ4n) is 2.18. The molecule has 1 aromatic carbocycles. The second kappa shape index (κ2) is 8.02. The summed E-state index contributed by atoms with van der Waals surface area (Å²) >= 11 is 1.87. The van der Waals surface area contributed by atoms with Crippen molar-refractivity contribution in [2.45, 2.75) is 25.7 Å². The molecule has 1 aliphatic heterocycles. The number of benzene rings is 1. The van der Waals surface area contributed by atoms with Crippen molar-refractivity contribution in [3.63, 3.8) is 0 Å². The molecule has 0 aromatic heterocycles. The minimum atomic E-state index is -0.157. The number of nitrogens with one attached hydrogen (secondary N) is 1. The largest absolute Gasteiger partial charge is 0.454 e. The van der Waals surface area contributed by atoms with Gasteiger partial charge in [-0.1, -0.05) is 12.8 Å². The quantitative estimate of drug-likeness (QED) is 0.570. The van der Waals surface area contributed by atoms with Crippen molar-refractivity contribution in [3.8, 4) is 11.5 Å². The standard InChI is InChI=1S/C15H22N2O3S/c1-21-7-5-3-2-4-6-17-15(18)11-8-13-14(9-12(11)16)20-10-19-13/h8-9H,2-7,10,16H2,1H3,(H,17,18). The molecule has 0 atom stereocenters. The zero-order valence-corrected chi connectivity index (χ0v) is 13.1. The first-order chi connectivity index (χ1) is 10.2. The summed E-state index contributed by atoms with van der Waals surface area (Å²) in [6, 6.07) is 3.28. The van der Waals surface area contributed by atoms with Gasteiger partial charge in [-0.15, -0.1) is 0 Å². The number of thioether (sulfide) groups is 1. The van der Waals surface area contributed by atoms with Crippen molar-refractivity contribution in [2.24, 2.45) is 0 Å². The second-order valence-corrected chi connectivity index (χ2v) is 5.94. The molecule has 3 N–H and O–H groups in total. The van der Waals surface area contributed by atoms with Crippen molar-refractivity contribution in [1.82, 2.24) is 5.32 Å². The summed E-state index contributed by atoms with van der Waals surface area (Å²) in [5, 5.41) is 2.90. The molecule has 2 rings (SSSR count). The number of fused-ring (bicyclic) bond motifs is 1. The van der Waals surface area contributed by atoms with E-state index < -0.39 is 0 Å². The number of carbonyl (C=O) groups excluding carboxylic acids is 1. The smallest absolute Gasteiger partial charge is 0.253 e. The lowest BCUT2D eigenvalue weighted by Crippen LogP contribution is -2.25. The molecule has 1 aromatic rings. The van der Waals surface area contributed by atoms with E-state index in [0.29, 0.717) is 29.3 Å². The summed E-state index contributed by atoms with van der Waals surface area (Å²) in [6.45, 7) is 0.849. The maximum atomic E-state index is 12.1. The highest BCUT2D eigenvalue weighted by molar-refractivity contribution is 7.98. The molecule has 21 heavy (non-hydrogen) atoms. The Kier molecular flexibility index (Phi) is 6.04. The van der Waals surface area contributed by atoms with Gasteiger partial charge in [-0.2, -0.15) is 11.8 Å². The molecule has 6 heteroatoms. The first kappa shape index (κ1) is 15.8. The van der Waals surface area contributed by atoms with E-state index in [2.05, 4.69) is 11.6 Å². The number of hydrogen-bond donors (Lipinski definition) is 2. The van der Waals surface area contributed by atoms with Gasteiger partial charge in [0, 0.05) is 18.3 Å². The number of rotatable bonds is 8. The lowest BCUT2D eigenvalue weighted by molar-refractivity contribution is 0.0953. The first-order valence-corrected chi connectivity index (χ1v) is 8.58. The fourth-order valence-corrected chi connectivity index (χ4v) is 2.67. The summed E-state index contributed by atoms with van der Waals surface area (Å²) < 4.78 is 10.5. The Morgan fingerprint density at radius 2 is 1.95 bits per heavy atom. The Hall–Kier alpha value is -1.56. The van der Waals surface area contributed by atoms with Crippen LogP contribution in [0.4, 0.5) is 5.69 Å². The van der Waals surface area contributed by atoms with Crippen LogP contribution < -0.4 is 20.5 Å². The van der Waals surface area contributed by atoms with Crippen molar-refractivity contribution < 1.29 is 14.3 Å². The van der Waals surface area contributed by atoms with E-state index in [9.17, 15) is 4.79 Å². The molecule has 0 saturated heterocycles. The maximum Gasteiger partial charge on any atom is 0.253 e. The maximum absolute atomic E-state index is 12.1. The third-order valence-corrected chi connectivity index (χ3v) is 4.05. The molecule has 1 heterocycles. The van der Waals surface area contributed by atoms with Crippen LogP contribution in [0.5, 0.6) is 11.5 Å². The number of hydrogen-bond acceptors (Lipinski definition) is 5. The summed E-state index contributed by atoms with van der Waals surface area (Å²) in [6.07, 6.45) is 6.70. The Balaban J connectivity index is 1.76. The molecule has 116 valence electrons. The van der Waals surface area contributed by atoms with Crippen molar-refractivity contribution in [1.29, 1.82) is 0 Å². The van der Waals surface area contributed by atoms with Crippen molar-refractivity contribution in [2.75, 3.05) is 31.1 Å². The number of ether oxygens (including phenoxy) is 2. The van der Waals surface area contributed by atoms with E-state index in [4.69, 9.17) is 15.2 Å². The van der Waals surface area contributed by atoms with E-state index in [1.165, 1.54) is 18.6 Å². The fraction of sp³-hybridized carbons (Fsp3) is 0.533. The predicted octanol–water partition coefficient (Wildman–Crippen LogP) is 2.65. The van der Waals surface area contributed by atoms with E-state index in [-0.39, 0.29) is 12.7 Å². The lowest BCUT2D eigenvalue weighted by Gasteiger charge is -2.08. The van der Waals surface area contributed by atoms with Crippen LogP contribution in [0.25, 0.3) is 0 Å². The van der Waals surface area contributed by atoms with Gasteiger partial charge in [-0.05, 0) is 30.9 Å². The van der Waals surface area contributed by atoms with Crippen LogP contribution in [0.3, 0.4) is 0 Å². The van der Waals surface area contributed by atoms with Gasteiger partial charge in [-0.3, -0.25) is 4.79 Å². The Morgan fingerprint density at radius 1 is 1.24 bits per heavy atom. The second-order valence-electron chi connectivity index (χ2n) is 4.96. The summed E-state index contributed by atoms with van der Waals surface area (Å²) in [5.41, 5.74) is 6.74. The average Bonchev–Trinajstić information content (AvgIpc) is 2.92. The lowest BCUT2D eigenvalue weighted by atomic mass is 10.1. The number of anilines is 1. The summed E-state index contributed by atoms with van der Waals surface area (Å²) in [4.78, 5) is 12.1. The van der Waals surface area contributed by atoms with E-state index in [1.54, 1.807) is 12.1 Å². The van der Waals surface area contributed by atoms with Gasteiger partial charge in [0.25, 0.3) is 5.91 Å². The normalized spacial score (nSPS) is 12.4. The molecule has 0 saturated carbocycles. The molecule has 0 unspecified atom stereocenters. The topological polar surface area (TPSA) is 73.6 Å². The molecule has 1 aliphatic rings. The minimum absolute atomic E-state index is 0.157. The van der Waals surface area contributed by atoms with Crippen LogP contribution in [0.1, 0.15) is 36.0 Å². The molecule has 5 nitrogen and oxygen atoms in total. The molecule has 0 spiro atoms. The van der Waals surface area contributed by atoms with E-state index in [0.717, 1.165) is 12.8 Å². The van der Waals surface area contributed by atoms with Gasteiger partial charge in [0.1, 0.15) is 0 Å². The Morgan fingerprint density at radius 3 is 2.71 bits per heavy atom. The summed E-state index contributed by atoms with van der Waals surface area (Å²) in [7, 11) is 0. The van der Waals surface area contributed by atoms with Gasteiger partial charge in [0.05, 0.1) is 5.56 Å². The molecule has 1 amide bonds. The van der Waals surface area contributed by atoms with Crippen molar-refractivity contribution in [3.05, 3.63) is 17.7 Å². The molecule has 0 bridgehead atoms. The predicted molar refractivity (Wildman–Crippen MR) is 86.2 cm³/mol. The monoisotopic (exact) mass is 310 g/mol. The van der Waals surface area contributed by atoms with Crippen LogP contribution in [-0.4, -0.2) is 31.3 Å². The van der Waals surface area contributed by atoms with E-state index >= 15 is 0 Å². The molecular weight excluding hydrogens is 288 g/mol. The molecule has 0 radical (unpaired) electrons. The van der Waals surface area contributed by atoms with Gasteiger partial charge in [0.2, 0.25) is 6.79 Å². The molecule has 0 aliphatic carbocycles. The zero-order valence-electron chi connectivity index (χ0n) is 12.3. The Labute approximate surface area is 129 Å². The van der Waals surface area contributed by atoms with Crippen molar-refractivity contribution >= 4 is 23.4 Å². The van der Waals surface area contributed by atoms with Crippen LogP contribution in [0, 0.1) is 0 Å². The van der Waals surface area contributed by atoms with E-state index in [1.807, 2.05) is 11.8 Å². The highest BCUT2D eigenvalue weighted by Crippen LogP contribution is 2.35. The number of unbranched alkanes of at least 4 members (excludes halogenated alkanes) is 3. The highest BCUT2D eigenvalue weighted by Gasteiger charge is 2.19. The molecular formula is C15H22N2O3S. The number of carbonyl (C=O) groups is 1. The minimum Gasteiger partial charge on any atom is -0.454 e.